The van der Waals surface area contributed by atoms with Crippen LogP contribution in [0.5, 0.6) is 0 Å². The number of thioether (sulfide) groups is 1. The van der Waals surface area contributed by atoms with Crippen LogP contribution in [0.25, 0.3) is 0 Å². The van der Waals surface area contributed by atoms with Gasteiger partial charge in [-0.3, -0.25) is 14.3 Å². The zero-order chi connectivity index (χ0) is 23.7. The molecule has 5 heteroatoms. The van der Waals surface area contributed by atoms with E-state index in [1.165, 1.54) is 11.1 Å². The van der Waals surface area contributed by atoms with Crippen molar-refractivity contribution in [3.63, 3.8) is 0 Å². The first-order valence-electron chi connectivity index (χ1n) is 12.5. The number of hydrogen-bond acceptors (Lipinski definition) is 4. The van der Waals surface area contributed by atoms with Gasteiger partial charge >= 0.3 is 0 Å². The summed E-state index contributed by atoms with van der Waals surface area (Å²) in [5.41, 5.74) is 5.92. The maximum absolute atomic E-state index is 13.6. The average molecular weight is 474 g/mol. The molecule has 0 saturated carbocycles. The van der Waals surface area contributed by atoms with Crippen molar-refractivity contribution in [3.8, 4) is 0 Å². The highest BCUT2D eigenvalue weighted by Gasteiger charge is 2.34. The Morgan fingerprint density at radius 2 is 1.71 bits per heavy atom. The van der Waals surface area contributed by atoms with E-state index in [9.17, 15) is 4.79 Å². The molecule has 1 fully saturated rings. The minimum atomic E-state index is 0.172. The van der Waals surface area contributed by atoms with Gasteiger partial charge in [-0.15, -0.1) is 0 Å². The SMILES string of the molecule is Cc1ccc(CN2CC(c3nc4c(c(=O)n3Cc3ccccc3)CSC4)CC(C(C)C)C2)cc1. The van der Waals surface area contributed by atoms with Crippen LogP contribution in [0.1, 0.15) is 60.0 Å². The van der Waals surface area contributed by atoms with Crippen molar-refractivity contribution in [1.82, 2.24) is 14.5 Å². The quantitative estimate of drug-likeness (QED) is 0.466. The van der Waals surface area contributed by atoms with E-state index in [-0.39, 0.29) is 11.5 Å². The van der Waals surface area contributed by atoms with Gasteiger partial charge in [-0.05, 0) is 36.3 Å². The largest absolute Gasteiger partial charge is 0.298 e. The molecule has 0 bridgehead atoms. The lowest BCUT2D eigenvalue weighted by atomic mass is 9.81. The summed E-state index contributed by atoms with van der Waals surface area (Å²) in [6.45, 7) is 10.4. The fourth-order valence-corrected chi connectivity index (χ4v) is 6.41. The van der Waals surface area contributed by atoms with Gasteiger partial charge in [0.05, 0.1) is 12.2 Å². The molecule has 0 amide bonds. The van der Waals surface area contributed by atoms with Crippen LogP contribution in [0.4, 0.5) is 0 Å². The van der Waals surface area contributed by atoms with E-state index < -0.39 is 0 Å². The Labute approximate surface area is 207 Å². The fraction of sp³-hybridized carbons (Fsp3) is 0.448. The Morgan fingerprint density at radius 1 is 0.971 bits per heavy atom. The first-order valence-corrected chi connectivity index (χ1v) is 13.7. The molecule has 1 aromatic heterocycles. The lowest BCUT2D eigenvalue weighted by Crippen LogP contribution is -2.43. The lowest BCUT2D eigenvalue weighted by Gasteiger charge is -2.40. The van der Waals surface area contributed by atoms with E-state index in [2.05, 4.69) is 74.2 Å². The molecule has 2 aliphatic rings. The van der Waals surface area contributed by atoms with Crippen LogP contribution in [0.2, 0.25) is 0 Å². The first kappa shape index (κ1) is 23.4. The highest BCUT2D eigenvalue weighted by Crippen LogP contribution is 2.35. The third kappa shape index (κ3) is 5.01. The van der Waals surface area contributed by atoms with Gasteiger partial charge in [0.15, 0.2) is 0 Å². The summed E-state index contributed by atoms with van der Waals surface area (Å²) in [6, 6.07) is 19.3. The van der Waals surface area contributed by atoms with Gasteiger partial charge in [-0.2, -0.15) is 11.8 Å². The highest BCUT2D eigenvalue weighted by molar-refractivity contribution is 7.98. The van der Waals surface area contributed by atoms with E-state index in [0.29, 0.717) is 18.4 Å². The molecule has 2 atom stereocenters. The molecular formula is C29H35N3OS. The molecule has 0 aliphatic carbocycles. The minimum Gasteiger partial charge on any atom is -0.298 e. The maximum Gasteiger partial charge on any atom is 0.258 e. The Balaban J connectivity index is 1.50. The molecule has 3 heterocycles. The molecule has 4 nitrogen and oxygen atoms in total. The number of fused-ring (bicyclic) bond motifs is 1. The Kier molecular flexibility index (Phi) is 6.94. The second-order valence-corrected chi connectivity index (χ2v) is 11.4. The molecule has 34 heavy (non-hydrogen) atoms. The second kappa shape index (κ2) is 10.1. The number of likely N-dealkylation sites (tertiary alicyclic amines) is 1. The third-order valence-electron chi connectivity index (χ3n) is 7.44. The summed E-state index contributed by atoms with van der Waals surface area (Å²) in [6.07, 6.45) is 1.09. The number of nitrogens with zero attached hydrogens (tertiary/aromatic N) is 3. The number of aryl methyl sites for hydroxylation is 1. The van der Waals surface area contributed by atoms with Gasteiger partial charge in [0.25, 0.3) is 5.56 Å². The van der Waals surface area contributed by atoms with Crippen molar-refractivity contribution in [2.75, 3.05) is 13.1 Å². The molecule has 5 rings (SSSR count). The van der Waals surface area contributed by atoms with E-state index in [0.717, 1.165) is 60.2 Å². The monoisotopic (exact) mass is 473 g/mol. The van der Waals surface area contributed by atoms with Crippen molar-refractivity contribution in [3.05, 3.63) is 98.7 Å². The van der Waals surface area contributed by atoms with Gasteiger partial charge in [-0.25, -0.2) is 4.98 Å². The van der Waals surface area contributed by atoms with Crippen molar-refractivity contribution in [2.24, 2.45) is 11.8 Å². The van der Waals surface area contributed by atoms with Gasteiger partial charge in [0, 0.05) is 42.6 Å². The van der Waals surface area contributed by atoms with E-state index >= 15 is 0 Å². The van der Waals surface area contributed by atoms with Crippen LogP contribution in [-0.2, 0) is 24.6 Å². The molecule has 2 aliphatic heterocycles. The fourth-order valence-electron chi connectivity index (χ4n) is 5.38. The van der Waals surface area contributed by atoms with Crippen LogP contribution in [0, 0.1) is 18.8 Å². The molecule has 0 radical (unpaired) electrons. The number of benzene rings is 2. The number of rotatable bonds is 6. The average Bonchev–Trinajstić information content (AvgIpc) is 3.32. The number of aromatic nitrogens is 2. The third-order valence-corrected chi connectivity index (χ3v) is 8.41. The number of piperidine rings is 1. The van der Waals surface area contributed by atoms with Crippen molar-refractivity contribution >= 4 is 11.8 Å². The second-order valence-electron chi connectivity index (χ2n) is 10.4. The topological polar surface area (TPSA) is 38.1 Å². The van der Waals surface area contributed by atoms with Crippen LogP contribution in [0.3, 0.4) is 0 Å². The molecule has 2 unspecified atom stereocenters. The lowest BCUT2D eigenvalue weighted by molar-refractivity contribution is 0.117. The van der Waals surface area contributed by atoms with E-state index in [1.807, 2.05) is 22.4 Å². The maximum atomic E-state index is 13.6. The summed E-state index contributed by atoms with van der Waals surface area (Å²) >= 11 is 1.81. The smallest absolute Gasteiger partial charge is 0.258 e. The van der Waals surface area contributed by atoms with Crippen molar-refractivity contribution < 1.29 is 0 Å². The van der Waals surface area contributed by atoms with Gasteiger partial charge in [-0.1, -0.05) is 74.0 Å². The van der Waals surface area contributed by atoms with Gasteiger partial charge in [0.1, 0.15) is 5.82 Å². The molecule has 2 aromatic carbocycles. The molecule has 1 saturated heterocycles. The highest BCUT2D eigenvalue weighted by atomic mass is 32.2. The number of hydrogen-bond donors (Lipinski definition) is 0. The molecular weight excluding hydrogens is 438 g/mol. The zero-order valence-corrected chi connectivity index (χ0v) is 21.4. The van der Waals surface area contributed by atoms with Crippen molar-refractivity contribution in [1.29, 1.82) is 0 Å². The normalized spacial score (nSPS) is 20.6. The predicted molar refractivity (Wildman–Crippen MR) is 141 cm³/mol. The summed E-state index contributed by atoms with van der Waals surface area (Å²) in [5.74, 6) is 4.09. The van der Waals surface area contributed by atoms with E-state index in [1.54, 1.807) is 0 Å². The Hall–Kier alpha value is -2.37. The van der Waals surface area contributed by atoms with Gasteiger partial charge in [0.2, 0.25) is 0 Å². The zero-order valence-electron chi connectivity index (χ0n) is 20.5. The summed E-state index contributed by atoms with van der Waals surface area (Å²) in [4.78, 5) is 21.4. The standard InChI is InChI=1S/C29H35N3OS/c1-20(2)24-13-25(17-31(16-24)14-23-11-9-21(3)10-12-23)28-30-27-19-34-18-26(27)29(33)32(28)15-22-7-5-4-6-8-22/h4-12,20,24-25H,13-19H2,1-3H3. The van der Waals surface area contributed by atoms with Crippen LogP contribution >= 0.6 is 11.8 Å². The predicted octanol–water partition coefficient (Wildman–Crippen LogP) is 5.61. The van der Waals surface area contributed by atoms with Crippen molar-refractivity contribution in [2.45, 2.75) is 57.7 Å². The molecule has 178 valence electrons. The van der Waals surface area contributed by atoms with E-state index in [4.69, 9.17) is 4.98 Å². The van der Waals surface area contributed by atoms with Crippen LogP contribution in [0.15, 0.2) is 59.4 Å². The van der Waals surface area contributed by atoms with Crippen LogP contribution in [-0.4, -0.2) is 27.5 Å². The molecule has 3 aromatic rings. The Morgan fingerprint density at radius 3 is 2.44 bits per heavy atom. The Bertz CT molecular complexity index is 1190. The van der Waals surface area contributed by atoms with Gasteiger partial charge < -0.3 is 0 Å². The summed E-state index contributed by atoms with van der Waals surface area (Å²) in [5, 5.41) is 0. The minimum absolute atomic E-state index is 0.172. The molecule has 0 spiro atoms. The molecule has 0 N–H and O–H groups in total. The summed E-state index contributed by atoms with van der Waals surface area (Å²) in [7, 11) is 0. The van der Waals surface area contributed by atoms with Crippen LogP contribution < -0.4 is 5.56 Å². The summed E-state index contributed by atoms with van der Waals surface area (Å²) < 4.78 is 2.00. The first-order chi connectivity index (χ1) is 16.5.